The van der Waals surface area contributed by atoms with Crippen LogP contribution in [0.5, 0.6) is 5.75 Å². The van der Waals surface area contributed by atoms with Crippen molar-refractivity contribution in [1.82, 2.24) is 0 Å². The lowest BCUT2D eigenvalue weighted by molar-refractivity contribution is -0.0727. The molecule has 3 atom stereocenters. The maximum Gasteiger partial charge on any atom is 0.165 e. The van der Waals surface area contributed by atoms with Crippen LogP contribution in [0.25, 0.3) is 0 Å². The largest absolute Gasteiger partial charge is 0.487 e. The van der Waals surface area contributed by atoms with E-state index in [1.165, 1.54) is 6.07 Å². The van der Waals surface area contributed by atoms with Gasteiger partial charge in [-0.3, -0.25) is 0 Å². The van der Waals surface area contributed by atoms with Crippen LogP contribution in [0, 0.1) is 5.82 Å². The van der Waals surface area contributed by atoms with Crippen LogP contribution in [-0.2, 0) is 4.74 Å². The van der Waals surface area contributed by atoms with E-state index in [-0.39, 0.29) is 30.2 Å². The second-order valence-corrected chi connectivity index (χ2v) is 5.45. The number of halogens is 1. The molecule has 0 radical (unpaired) electrons. The molecule has 19 heavy (non-hydrogen) atoms. The van der Waals surface area contributed by atoms with Gasteiger partial charge >= 0.3 is 0 Å². The van der Waals surface area contributed by atoms with Crippen LogP contribution in [-0.4, -0.2) is 18.3 Å². The lowest BCUT2D eigenvalue weighted by atomic mass is 10.0. The Morgan fingerprint density at radius 3 is 2.47 bits per heavy atom. The molecule has 3 nitrogen and oxygen atoms in total. The van der Waals surface area contributed by atoms with E-state index in [0.29, 0.717) is 5.75 Å². The molecule has 1 aliphatic rings. The predicted octanol–water partition coefficient (Wildman–Crippen LogP) is 3.18. The van der Waals surface area contributed by atoms with E-state index in [0.717, 1.165) is 18.4 Å². The summed E-state index contributed by atoms with van der Waals surface area (Å²) < 4.78 is 25.4. The van der Waals surface area contributed by atoms with Crippen molar-refractivity contribution in [2.45, 2.75) is 58.0 Å². The standard InChI is InChI=1S/C15H22FNO2/c1-9-6-13(7-10(2)18-9)19-15-5-4-12(11(3)17)8-14(15)16/h4-5,8-11,13H,6-7,17H2,1-3H3. The Balaban J connectivity index is 2.06. The fourth-order valence-corrected chi connectivity index (χ4v) is 2.52. The van der Waals surface area contributed by atoms with E-state index in [4.69, 9.17) is 15.2 Å². The van der Waals surface area contributed by atoms with Crippen LogP contribution in [0.15, 0.2) is 18.2 Å². The third kappa shape index (κ3) is 3.67. The van der Waals surface area contributed by atoms with Gasteiger partial charge in [0, 0.05) is 18.9 Å². The summed E-state index contributed by atoms with van der Waals surface area (Å²) in [7, 11) is 0. The van der Waals surface area contributed by atoms with Crippen molar-refractivity contribution in [1.29, 1.82) is 0 Å². The first-order valence-electron chi connectivity index (χ1n) is 6.83. The van der Waals surface area contributed by atoms with Gasteiger partial charge in [-0.15, -0.1) is 0 Å². The molecule has 1 aromatic rings. The molecule has 2 N–H and O–H groups in total. The molecular formula is C15H22FNO2. The lowest BCUT2D eigenvalue weighted by Gasteiger charge is -2.32. The van der Waals surface area contributed by atoms with Gasteiger partial charge in [-0.05, 0) is 38.5 Å². The van der Waals surface area contributed by atoms with Gasteiger partial charge in [0.25, 0.3) is 0 Å². The van der Waals surface area contributed by atoms with Crippen LogP contribution >= 0.6 is 0 Å². The minimum absolute atomic E-state index is 0.00870. The average Bonchev–Trinajstić information content (AvgIpc) is 2.30. The molecular weight excluding hydrogens is 245 g/mol. The van der Waals surface area contributed by atoms with Crippen molar-refractivity contribution in [2.75, 3.05) is 0 Å². The Bertz CT molecular complexity index is 426. The summed E-state index contributed by atoms with van der Waals surface area (Å²) in [6.45, 7) is 5.86. The molecule has 0 saturated carbocycles. The summed E-state index contributed by atoms with van der Waals surface area (Å²) >= 11 is 0. The van der Waals surface area contributed by atoms with Gasteiger partial charge in [-0.2, -0.15) is 0 Å². The molecule has 4 heteroatoms. The number of hydrogen-bond acceptors (Lipinski definition) is 3. The zero-order chi connectivity index (χ0) is 14.0. The first-order chi connectivity index (χ1) is 8.95. The molecule has 1 aromatic carbocycles. The van der Waals surface area contributed by atoms with E-state index in [1.54, 1.807) is 6.07 Å². The highest BCUT2D eigenvalue weighted by atomic mass is 19.1. The van der Waals surface area contributed by atoms with Crippen LogP contribution in [0.4, 0.5) is 4.39 Å². The highest BCUT2D eigenvalue weighted by Gasteiger charge is 2.26. The minimum atomic E-state index is -0.346. The zero-order valence-electron chi connectivity index (χ0n) is 11.7. The SMILES string of the molecule is CC1CC(Oc2ccc(C(C)N)cc2F)CC(C)O1. The van der Waals surface area contributed by atoms with Crippen LogP contribution in [0.1, 0.15) is 45.2 Å². The summed E-state index contributed by atoms with van der Waals surface area (Å²) in [6.07, 6.45) is 1.90. The molecule has 106 valence electrons. The highest BCUT2D eigenvalue weighted by Crippen LogP contribution is 2.27. The van der Waals surface area contributed by atoms with Gasteiger partial charge in [-0.1, -0.05) is 6.07 Å². The number of ether oxygens (including phenoxy) is 2. The fourth-order valence-electron chi connectivity index (χ4n) is 2.52. The second kappa shape index (κ2) is 5.88. The van der Waals surface area contributed by atoms with Crippen molar-refractivity contribution in [3.8, 4) is 5.75 Å². The number of nitrogens with two attached hydrogens (primary N) is 1. The maximum absolute atomic E-state index is 13.9. The Hall–Kier alpha value is -1.13. The van der Waals surface area contributed by atoms with E-state index >= 15 is 0 Å². The first-order valence-corrected chi connectivity index (χ1v) is 6.83. The average molecular weight is 267 g/mol. The fraction of sp³-hybridized carbons (Fsp3) is 0.600. The zero-order valence-corrected chi connectivity index (χ0v) is 11.7. The lowest BCUT2D eigenvalue weighted by Crippen LogP contribution is -2.35. The smallest absolute Gasteiger partial charge is 0.165 e. The summed E-state index contributed by atoms with van der Waals surface area (Å²) in [5.74, 6) is -0.0442. The third-order valence-electron chi connectivity index (χ3n) is 3.43. The monoisotopic (exact) mass is 267 g/mol. The Morgan fingerprint density at radius 1 is 1.32 bits per heavy atom. The van der Waals surface area contributed by atoms with E-state index in [1.807, 2.05) is 26.8 Å². The van der Waals surface area contributed by atoms with E-state index < -0.39 is 0 Å². The van der Waals surface area contributed by atoms with Crippen molar-refractivity contribution < 1.29 is 13.9 Å². The van der Waals surface area contributed by atoms with E-state index in [9.17, 15) is 4.39 Å². The Kier molecular flexibility index (Phi) is 4.42. The van der Waals surface area contributed by atoms with Crippen molar-refractivity contribution in [3.05, 3.63) is 29.6 Å². The molecule has 1 heterocycles. The van der Waals surface area contributed by atoms with Gasteiger partial charge in [0.1, 0.15) is 6.10 Å². The second-order valence-electron chi connectivity index (χ2n) is 5.45. The molecule has 0 aromatic heterocycles. The highest BCUT2D eigenvalue weighted by molar-refractivity contribution is 5.31. The van der Waals surface area contributed by atoms with Gasteiger partial charge in [0.2, 0.25) is 0 Å². The molecule has 0 spiro atoms. The van der Waals surface area contributed by atoms with Gasteiger partial charge in [0.15, 0.2) is 11.6 Å². The van der Waals surface area contributed by atoms with Crippen LogP contribution in [0.3, 0.4) is 0 Å². The molecule has 2 rings (SSSR count). The van der Waals surface area contributed by atoms with Crippen molar-refractivity contribution in [2.24, 2.45) is 5.73 Å². The summed E-state index contributed by atoms with van der Waals surface area (Å²) in [5.41, 5.74) is 6.51. The number of benzene rings is 1. The predicted molar refractivity (Wildman–Crippen MR) is 72.7 cm³/mol. The van der Waals surface area contributed by atoms with Gasteiger partial charge < -0.3 is 15.2 Å². The maximum atomic E-state index is 13.9. The molecule has 0 amide bonds. The van der Waals surface area contributed by atoms with E-state index in [2.05, 4.69) is 0 Å². The van der Waals surface area contributed by atoms with Crippen LogP contribution < -0.4 is 10.5 Å². The minimum Gasteiger partial charge on any atom is -0.487 e. The third-order valence-corrected chi connectivity index (χ3v) is 3.43. The number of rotatable bonds is 3. The molecule has 1 aliphatic heterocycles. The number of hydrogen-bond donors (Lipinski definition) is 1. The van der Waals surface area contributed by atoms with Crippen molar-refractivity contribution >= 4 is 0 Å². The molecule has 1 saturated heterocycles. The molecule has 0 bridgehead atoms. The van der Waals surface area contributed by atoms with Crippen LogP contribution in [0.2, 0.25) is 0 Å². The molecule has 1 fully saturated rings. The topological polar surface area (TPSA) is 44.5 Å². The first kappa shape index (κ1) is 14.3. The molecule has 0 aliphatic carbocycles. The normalized spacial score (nSPS) is 29.0. The summed E-state index contributed by atoms with van der Waals surface area (Å²) in [4.78, 5) is 0. The van der Waals surface area contributed by atoms with Gasteiger partial charge in [-0.25, -0.2) is 4.39 Å². The molecule has 3 unspecified atom stereocenters. The Labute approximate surface area is 113 Å². The quantitative estimate of drug-likeness (QED) is 0.914. The van der Waals surface area contributed by atoms with Crippen molar-refractivity contribution in [3.63, 3.8) is 0 Å². The summed E-state index contributed by atoms with van der Waals surface area (Å²) in [5, 5.41) is 0. The Morgan fingerprint density at radius 2 is 1.95 bits per heavy atom. The van der Waals surface area contributed by atoms with Gasteiger partial charge in [0.05, 0.1) is 12.2 Å². The summed E-state index contributed by atoms with van der Waals surface area (Å²) in [6, 6.07) is 4.76.